The van der Waals surface area contributed by atoms with Crippen LogP contribution in [0.3, 0.4) is 0 Å². The zero-order valence-electron chi connectivity index (χ0n) is 11.0. The maximum absolute atomic E-state index is 12.1. The normalized spacial score (nSPS) is 12.1. The summed E-state index contributed by atoms with van der Waals surface area (Å²) in [6.45, 7) is 4.29. The van der Waals surface area contributed by atoms with Gasteiger partial charge in [-0.1, -0.05) is 30.3 Å². The number of aromatic nitrogens is 2. The van der Waals surface area contributed by atoms with Crippen molar-refractivity contribution < 1.29 is 9.53 Å². The summed E-state index contributed by atoms with van der Waals surface area (Å²) in [5.41, 5.74) is 7.34. The van der Waals surface area contributed by atoms with Gasteiger partial charge in [0.1, 0.15) is 6.10 Å². The molecule has 0 amide bonds. The topological polar surface area (TPSA) is 70.1 Å². The zero-order valence-corrected chi connectivity index (χ0v) is 11.0. The summed E-state index contributed by atoms with van der Waals surface area (Å²) >= 11 is 0. The van der Waals surface area contributed by atoms with Crippen molar-refractivity contribution in [3.8, 4) is 0 Å². The lowest BCUT2D eigenvalue weighted by molar-refractivity contribution is 0.0325. The van der Waals surface area contributed by atoms with Gasteiger partial charge < -0.3 is 10.5 Å². The van der Waals surface area contributed by atoms with E-state index < -0.39 is 5.97 Å². The first-order valence-electron chi connectivity index (χ1n) is 6.20. The molecule has 1 unspecified atom stereocenters. The second kappa shape index (κ2) is 5.56. The van der Waals surface area contributed by atoms with Crippen LogP contribution in [0.15, 0.2) is 36.5 Å². The minimum absolute atomic E-state index is 0.310. The highest BCUT2D eigenvalue weighted by Gasteiger charge is 2.20. The largest absolute Gasteiger partial charge is 0.453 e. The third kappa shape index (κ3) is 2.76. The van der Waals surface area contributed by atoms with Crippen LogP contribution in [-0.2, 0) is 11.3 Å². The second-order valence-corrected chi connectivity index (χ2v) is 4.22. The first kappa shape index (κ1) is 13.1. The van der Waals surface area contributed by atoms with Gasteiger partial charge in [0.05, 0.1) is 11.9 Å². The Hall–Kier alpha value is -2.30. The van der Waals surface area contributed by atoms with Crippen LogP contribution < -0.4 is 5.73 Å². The Labute approximate surface area is 112 Å². The minimum Gasteiger partial charge on any atom is -0.453 e. The maximum atomic E-state index is 12.1. The third-order valence-electron chi connectivity index (χ3n) is 2.91. The molecule has 100 valence electrons. The molecule has 0 bridgehead atoms. The lowest BCUT2D eigenvalue weighted by Crippen LogP contribution is -2.16. The average molecular weight is 259 g/mol. The Balaban J connectivity index is 2.15. The highest BCUT2D eigenvalue weighted by Crippen LogP contribution is 2.20. The Morgan fingerprint density at radius 2 is 2.11 bits per heavy atom. The molecule has 1 aromatic carbocycles. The van der Waals surface area contributed by atoms with Crippen LogP contribution in [0, 0.1) is 0 Å². The summed E-state index contributed by atoms with van der Waals surface area (Å²) in [6.07, 6.45) is 1.14. The number of nitrogen functional groups attached to an aromatic ring is 1. The summed E-state index contributed by atoms with van der Waals surface area (Å²) in [5, 5.41) is 4.03. The van der Waals surface area contributed by atoms with Crippen LogP contribution in [0.5, 0.6) is 0 Å². The fourth-order valence-corrected chi connectivity index (χ4v) is 1.87. The molecule has 0 aliphatic heterocycles. The number of rotatable bonds is 4. The quantitative estimate of drug-likeness (QED) is 0.856. The molecule has 2 rings (SSSR count). The van der Waals surface area contributed by atoms with Crippen LogP contribution >= 0.6 is 0 Å². The lowest BCUT2D eigenvalue weighted by Gasteiger charge is -2.14. The molecule has 5 nitrogen and oxygen atoms in total. The van der Waals surface area contributed by atoms with E-state index in [2.05, 4.69) is 5.10 Å². The van der Waals surface area contributed by atoms with E-state index in [0.717, 1.165) is 5.56 Å². The van der Waals surface area contributed by atoms with Crippen molar-refractivity contribution in [2.75, 3.05) is 5.73 Å². The number of nitrogens with zero attached hydrogens (tertiary/aromatic N) is 2. The van der Waals surface area contributed by atoms with E-state index in [4.69, 9.17) is 10.5 Å². The SMILES string of the molecule is CCn1ncc(N)c1C(=O)OC(C)c1ccccc1. The number of hydrogen-bond donors (Lipinski definition) is 1. The third-order valence-corrected chi connectivity index (χ3v) is 2.91. The van der Waals surface area contributed by atoms with Crippen molar-refractivity contribution in [3.05, 3.63) is 47.8 Å². The first-order valence-corrected chi connectivity index (χ1v) is 6.20. The molecular formula is C14H17N3O2. The number of benzene rings is 1. The number of ether oxygens (including phenoxy) is 1. The van der Waals surface area contributed by atoms with E-state index in [0.29, 0.717) is 17.9 Å². The molecule has 0 aliphatic carbocycles. The van der Waals surface area contributed by atoms with Crippen LogP contribution in [0.1, 0.15) is 36.0 Å². The van der Waals surface area contributed by atoms with Crippen molar-refractivity contribution in [2.24, 2.45) is 0 Å². The molecule has 0 spiro atoms. The Morgan fingerprint density at radius 3 is 2.74 bits per heavy atom. The van der Waals surface area contributed by atoms with Gasteiger partial charge in [0.15, 0.2) is 5.69 Å². The van der Waals surface area contributed by atoms with Crippen LogP contribution in [0.25, 0.3) is 0 Å². The van der Waals surface area contributed by atoms with E-state index >= 15 is 0 Å². The Morgan fingerprint density at radius 1 is 1.42 bits per heavy atom. The van der Waals surface area contributed by atoms with E-state index in [1.165, 1.54) is 10.9 Å². The van der Waals surface area contributed by atoms with Gasteiger partial charge in [-0.05, 0) is 19.4 Å². The molecular weight excluding hydrogens is 242 g/mol. The van der Waals surface area contributed by atoms with E-state index in [-0.39, 0.29) is 6.10 Å². The predicted molar refractivity (Wildman–Crippen MR) is 72.6 cm³/mol. The molecule has 0 saturated heterocycles. The van der Waals surface area contributed by atoms with Crippen LogP contribution in [-0.4, -0.2) is 15.7 Å². The van der Waals surface area contributed by atoms with Gasteiger partial charge in [0.2, 0.25) is 0 Å². The van der Waals surface area contributed by atoms with Crippen LogP contribution in [0.2, 0.25) is 0 Å². The van der Waals surface area contributed by atoms with Crippen molar-refractivity contribution in [1.29, 1.82) is 0 Å². The number of carbonyl (C=O) groups excluding carboxylic acids is 1. The Bertz CT molecular complexity index is 563. The van der Waals surface area contributed by atoms with Crippen molar-refractivity contribution in [2.45, 2.75) is 26.5 Å². The van der Waals surface area contributed by atoms with Crippen molar-refractivity contribution in [3.63, 3.8) is 0 Å². The smallest absolute Gasteiger partial charge is 0.359 e. The lowest BCUT2D eigenvalue weighted by atomic mass is 10.1. The molecule has 1 heterocycles. The molecule has 0 saturated carbocycles. The molecule has 0 fully saturated rings. The Kier molecular flexibility index (Phi) is 3.85. The molecule has 0 aliphatic rings. The highest BCUT2D eigenvalue weighted by atomic mass is 16.5. The van der Waals surface area contributed by atoms with Gasteiger partial charge in [-0.25, -0.2) is 4.79 Å². The van der Waals surface area contributed by atoms with E-state index in [9.17, 15) is 4.79 Å². The van der Waals surface area contributed by atoms with Crippen molar-refractivity contribution >= 4 is 11.7 Å². The minimum atomic E-state index is -0.451. The second-order valence-electron chi connectivity index (χ2n) is 4.22. The van der Waals surface area contributed by atoms with Crippen molar-refractivity contribution in [1.82, 2.24) is 9.78 Å². The van der Waals surface area contributed by atoms with Gasteiger partial charge in [-0.2, -0.15) is 5.10 Å². The molecule has 0 radical (unpaired) electrons. The highest BCUT2D eigenvalue weighted by molar-refractivity contribution is 5.93. The zero-order chi connectivity index (χ0) is 13.8. The number of esters is 1. The number of anilines is 1. The van der Waals surface area contributed by atoms with Gasteiger partial charge in [-0.15, -0.1) is 0 Å². The van der Waals surface area contributed by atoms with E-state index in [1.54, 1.807) is 0 Å². The number of carbonyl (C=O) groups is 1. The average Bonchev–Trinajstić information content (AvgIpc) is 2.80. The van der Waals surface area contributed by atoms with Gasteiger partial charge in [0, 0.05) is 6.54 Å². The summed E-state index contributed by atoms with van der Waals surface area (Å²) in [4.78, 5) is 12.1. The summed E-state index contributed by atoms with van der Waals surface area (Å²) < 4.78 is 6.96. The molecule has 1 aromatic heterocycles. The van der Waals surface area contributed by atoms with Gasteiger partial charge >= 0.3 is 5.97 Å². The molecule has 19 heavy (non-hydrogen) atoms. The molecule has 2 N–H and O–H groups in total. The standard InChI is InChI=1S/C14H17N3O2/c1-3-17-13(12(15)9-16-17)14(18)19-10(2)11-7-5-4-6-8-11/h4-10H,3,15H2,1-2H3. The molecule has 2 aromatic rings. The van der Waals surface area contributed by atoms with Crippen LogP contribution in [0.4, 0.5) is 5.69 Å². The fourth-order valence-electron chi connectivity index (χ4n) is 1.87. The van der Waals surface area contributed by atoms with Gasteiger partial charge in [0.25, 0.3) is 0 Å². The fraction of sp³-hybridized carbons (Fsp3) is 0.286. The molecule has 1 atom stereocenters. The van der Waals surface area contributed by atoms with Gasteiger partial charge in [-0.3, -0.25) is 4.68 Å². The number of hydrogen-bond acceptors (Lipinski definition) is 4. The summed E-state index contributed by atoms with van der Waals surface area (Å²) in [6, 6.07) is 9.56. The monoisotopic (exact) mass is 259 g/mol. The number of nitrogens with two attached hydrogens (primary N) is 1. The summed E-state index contributed by atoms with van der Waals surface area (Å²) in [7, 11) is 0. The first-order chi connectivity index (χ1) is 9.13. The maximum Gasteiger partial charge on any atom is 0.359 e. The van der Waals surface area contributed by atoms with E-state index in [1.807, 2.05) is 44.2 Å². The predicted octanol–water partition coefficient (Wildman–Crippen LogP) is 2.40. The summed E-state index contributed by atoms with van der Waals surface area (Å²) in [5.74, 6) is -0.451. The molecule has 5 heteroatoms. The number of aryl methyl sites for hydroxylation is 1.